The van der Waals surface area contributed by atoms with E-state index in [1.165, 1.54) is 0 Å². The minimum atomic E-state index is -2.79. The molecule has 0 aromatic rings. The van der Waals surface area contributed by atoms with E-state index in [9.17, 15) is 30.0 Å². The Labute approximate surface area is 132 Å². The van der Waals surface area contributed by atoms with Gasteiger partial charge in [-0.05, 0) is 6.42 Å². The molecule has 1 heterocycles. The fourth-order valence-corrected chi connectivity index (χ4v) is 2.39. The number of carbonyl (C=O) groups excluding carboxylic acids is 1. The molecule has 1 saturated heterocycles. The van der Waals surface area contributed by atoms with Gasteiger partial charge in [0.1, 0.15) is 18.3 Å². The Kier molecular flexibility index (Phi) is 6.86. The van der Waals surface area contributed by atoms with Crippen molar-refractivity contribution in [3.05, 3.63) is 0 Å². The van der Waals surface area contributed by atoms with E-state index in [1.807, 2.05) is 0 Å². The Morgan fingerprint density at radius 2 is 2.00 bits per heavy atom. The molecule has 6 atom stereocenters. The molecule has 10 heteroatoms. The molecule has 7 N–H and O–H groups in total. The van der Waals surface area contributed by atoms with Crippen molar-refractivity contribution in [3.63, 3.8) is 0 Å². The predicted octanol–water partition coefficient (Wildman–Crippen LogP) is -3.09. The average molecular weight is 337 g/mol. The molecule has 0 aliphatic carbocycles. The number of aliphatic hydroxyl groups is 5. The SMILES string of the molecule is CCCC(=O)N[C@H]1[C@H]([C@H](O)[C@H](O)CO)O[C@](O)(C(=O)O)C[C@@H]1O. The van der Waals surface area contributed by atoms with Crippen molar-refractivity contribution in [1.82, 2.24) is 5.32 Å². The van der Waals surface area contributed by atoms with Gasteiger partial charge < -0.3 is 40.7 Å². The Balaban J connectivity index is 3.04. The molecule has 23 heavy (non-hydrogen) atoms. The normalized spacial score (nSPS) is 33.7. The number of carbonyl (C=O) groups is 2. The number of amides is 1. The van der Waals surface area contributed by atoms with Crippen LogP contribution in [0.3, 0.4) is 0 Å². The number of aliphatic carboxylic acids is 1. The van der Waals surface area contributed by atoms with Crippen molar-refractivity contribution < 1.29 is 45.0 Å². The number of carboxylic acids is 1. The first-order valence-corrected chi connectivity index (χ1v) is 7.24. The summed E-state index contributed by atoms with van der Waals surface area (Å²) in [7, 11) is 0. The highest BCUT2D eigenvalue weighted by Crippen LogP contribution is 2.30. The van der Waals surface area contributed by atoms with Crippen LogP contribution in [-0.2, 0) is 14.3 Å². The third-order valence-electron chi connectivity index (χ3n) is 3.64. The van der Waals surface area contributed by atoms with Gasteiger partial charge in [0.2, 0.25) is 5.91 Å². The van der Waals surface area contributed by atoms with Gasteiger partial charge in [-0.15, -0.1) is 0 Å². The van der Waals surface area contributed by atoms with Gasteiger partial charge in [0.15, 0.2) is 0 Å². The Bertz CT molecular complexity index is 432. The van der Waals surface area contributed by atoms with E-state index in [1.54, 1.807) is 6.92 Å². The zero-order chi connectivity index (χ0) is 17.8. The van der Waals surface area contributed by atoms with Crippen molar-refractivity contribution >= 4 is 11.9 Å². The minimum absolute atomic E-state index is 0.123. The first-order chi connectivity index (χ1) is 10.7. The molecule has 10 nitrogen and oxygen atoms in total. The molecule has 0 spiro atoms. The van der Waals surface area contributed by atoms with Crippen molar-refractivity contribution in [2.75, 3.05) is 6.61 Å². The van der Waals surface area contributed by atoms with Crippen LogP contribution in [0.15, 0.2) is 0 Å². The summed E-state index contributed by atoms with van der Waals surface area (Å²) in [6.07, 6.45) is -6.84. The lowest BCUT2D eigenvalue weighted by atomic mass is 9.88. The van der Waals surface area contributed by atoms with Crippen LogP contribution in [0.1, 0.15) is 26.2 Å². The highest BCUT2D eigenvalue weighted by molar-refractivity contribution is 5.77. The minimum Gasteiger partial charge on any atom is -0.477 e. The van der Waals surface area contributed by atoms with E-state index < -0.39 is 61.1 Å². The number of carboxylic acid groups (broad SMARTS) is 1. The van der Waals surface area contributed by atoms with E-state index in [0.717, 1.165) is 0 Å². The van der Waals surface area contributed by atoms with Gasteiger partial charge in [-0.2, -0.15) is 0 Å². The summed E-state index contributed by atoms with van der Waals surface area (Å²) < 4.78 is 4.94. The Hall–Kier alpha value is -1.30. The highest BCUT2D eigenvalue weighted by Gasteiger charge is 2.53. The molecule has 0 radical (unpaired) electrons. The topological polar surface area (TPSA) is 177 Å². The monoisotopic (exact) mass is 337 g/mol. The zero-order valence-electron chi connectivity index (χ0n) is 12.6. The number of hydrogen-bond acceptors (Lipinski definition) is 8. The molecular formula is C13H23NO9. The molecule has 0 bridgehead atoms. The smallest absolute Gasteiger partial charge is 0.364 e. The molecule has 1 fully saturated rings. The molecular weight excluding hydrogens is 314 g/mol. The van der Waals surface area contributed by atoms with Crippen LogP contribution in [0.4, 0.5) is 0 Å². The number of aliphatic hydroxyl groups excluding tert-OH is 4. The van der Waals surface area contributed by atoms with Gasteiger partial charge in [0.05, 0.1) is 18.8 Å². The summed E-state index contributed by atoms with van der Waals surface area (Å²) in [4.78, 5) is 22.8. The number of nitrogens with one attached hydrogen (secondary N) is 1. The van der Waals surface area contributed by atoms with Gasteiger partial charge in [-0.25, -0.2) is 4.79 Å². The molecule has 0 saturated carbocycles. The second-order valence-electron chi connectivity index (χ2n) is 5.53. The van der Waals surface area contributed by atoms with Crippen LogP contribution in [0.2, 0.25) is 0 Å². The van der Waals surface area contributed by atoms with Crippen LogP contribution < -0.4 is 5.32 Å². The van der Waals surface area contributed by atoms with Crippen LogP contribution in [-0.4, -0.2) is 85.4 Å². The van der Waals surface area contributed by atoms with Crippen LogP contribution in [0.5, 0.6) is 0 Å². The second-order valence-corrected chi connectivity index (χ2v) is 5.53. The third-order valence-corrected chi connectivity index (χ3v) is 3.64. The molecule has 134 valence electrons. The lowest BCUT2D eigenvalue weighted by Crippen LogP contribution is -2.67. The summed E-state index contributed by atoms with van der Waals surface area (Å²) in [6.45, 7) is 0.886. The summed E-state index contributed by atoms with van der Waals surface area (Å²) in [5.74, 6) is -5.05. The predicted molar refractivity (Wildman–Crippen MR) is 74.0 cm³/mol. The van der Waals surface area contributed by atoms with Gasteiger partial charge in [0, 0.05) is 12.8 Å². The lowest BCUT2D eigenvalue weighted by Gasteiger charge is -2.44. The van der Waals surface area contributed by atoms with Crippen LogP contribution in [0.25, 0.3) is 0 Å². The van der Waals surface area contributed by atoms with Crippen molar-refractivity contribution in [1.29, 1.82) is 0 Å². The maximum Gasteiger partial charge on any atom is 0.364 e. The Morgan fingerprint density at radius 3 is 2.48 bits per heavy atom. The van der Waals surface area contributed by atoms with Gasteiger partial charge in [0.25, 0.3) is 5.79 Å². The zero-order valence-corrected chi connectivity index (χ0v) is 12.6. The second kappa shape index (κ2) is 7.99. The molecule has 0 aromatic carbocycles. The summed E-state index contributed by atoms with van der Waals surface area (Å²) in [5, 5.41) is 59.8. The van der Waals surface area contributed by atoms with Gasteiger partial charge >= 0.3 is 5.97 Å². The standard InChI is InChI=1S/C13H23NO9/c1-2-3-8(18)14-9-6(16)4-13(22,12(20)21)23-11(9)10(19)7(17)5-15/h6-7,9-11,15-17,19,22H,2-5H2,1H3,(H,14,18)(H,20,21)/t6-,7+,9+,10+,11+,13-/m0/s1. The lowest BCUT2D eigenvalue weighted by molar-refractivity contribution is -0.295. The fraction of sp³-hybridized carbons (Fsp3) is 0.846. The maximum absolute atomic E-state index is 11.7. The van der Waals surface area contributed by atoms with Crippen LogP contribution in [0, 0.1) is 0 Å². The Morgan fingerprint density at radius 1 is 1.39 bits per heavy atom. The van der Waals surface area contributed by atoms with Crippen molar-refractivity contribution in [2.24, 2.45) is 0 Å². The largest absolute Gasteiger partial charge is 0.477 e. The molecule has 1 amide bonds. The first kappa shape index (κ1) is 19.7. The van der Waals surface area contributed by atoms with Gasteiger partial charge in [-0.1, -0.05) is 6.92 Å². The van der Waals surface area contributed by atoms with E-state index >= 15 is 0 Å². The number of ether oxygens (including phenoxy) is 1. The van der Waals surface area contributed by atoms with E-state index in [0.29, 0.717) is 6.42 Å². The van der Waals surface area contributed by atoms with Crippen molar-refractivity contribution in [2.45, 2.75) is 62.4 Å². The van der Waals surface area contributed by atoms with E-state index in [4.69, 9.17) is 14.9 Å². The van der Waals surface area contributed by atoms with E-state index in [2.05, 4.69) is 5.32 Å². The summed E-state index contributed by atoms with van der Waals surface area (Å²) in [5.41, 5.74) is 0. The quantitative estimate of drug-likeness (QED) is 0.254. The maximum atomic E-state index is 11.7. The summed E-state index contributed by atoms with van der Waals surface area (Å²) >= 11 is 0. The molecule has 1 aliphatic rings. The fourth-order valence-electron chi connectivity index (χ4n) is 2.39. The molecule has 1 rings (SSSR count). The van der Waals surface area contributed by atoms with Crippen LogP contribution >= 0.6 is 0 Å². The van der Waals surface area contributed by atoms with Gasteiger partial charge in [-0.3, -0.25) is 4.79 Å². The molecule has 1 aliphatic heterocycles. The molecule has 0 aromatic heterocycles. The number of rotatable bonds is 7. The number of hydrogen-bond donors (Lipinski definition) is 7. The molecule has 0 unspecified atom stereocenters. The average Bonchev–Trinajstić information content (AvgIpc) is 2.48. The van der Waals surface area contributed by atoms with Crippen molar-refractivity contribution in [3.8, 4) is 0 Å². The first-order valence-electron chi connectivity index (χ1n) is 7.24. The van der Waals surface area contributed by atoms with E-state index in [-0.39, 0.29) is 6.42 Å². The summed E-state index contributed by atoms with van der Waals surface area (Å²) in [6, 6.07) is -1.26. The third kappa shape index (κ3) is 4.59. The highest BCUT2D eigenvalue weighted by atomic mass is 16.7.